The van der Waals surface area contributed by atoms with Gasteiger partial charge < -0.3 is 15.5 Å². The Bertz CT molecular complexity index is 522. The van der Waals surface area contributed by atoms with E-state index in [2.05, 4.69) is 10.1 Å². The number of nitrogens with zero attached hydrogens (tertiary/aromatic N) is 4. The third kappa shape index (κ3) is 3.20. The Balaban J connectivity index is 2.87. The van der Waals surface area contributed by atoms with Crippen molar-refractivity contribution in [3.05, 3.63) is 12.5 Å². The van der Waals surface area contributed by atoms with Crippen LogP contribution in [-0.2, 0) is 17.1 Å². The standard InChI is InChI=1S/C9H17N5O3S/c1-3-14(5-4-8(10)12-15)18(16,17)9-6-13(2)7-11-9/h6-7,15H,3-5H2,1-2H3,(H2,10,12). The number of nitrogens with two attached hydrogens (primary N) is 1. The molecule has 18 heavy (non-hydrogen) atoms. The third-order valence-corrected chi connectivity index (χ3v) is 4.24. The Morgan fingerprint density at radius 1 is 1.67 bits per heavy atom. The van der Waals surface area contributed by atoms with Crippen LogP contribution in [0.4, 0.5) is 0 Å². The molecule has 102 valence electrons. The molecule has 0 unspecified atom stereocenters. The molecule has 0 aromatic carbocycles. The molecular weight excluding hydrogens is 258 g/mol. The molecule has 8 nitrogen and oxygen atoms in total. The molecule has 1 rings (SSSR count). The highest BCUT2D eigenvalue weighted by molar-refractivity contribution is 7.89. The Morgan fingerprint density at radius 3 is 2.78 bits per heavy atom. The average Bonchev–Trinajstić information content (AvgIpc) is 2.76. The zero-order chi connectivity index (χ0) is 13.8. The minimum absolute atomic E-state index is 0.00800. The first-order valence-corrected chi connectivity index (χ1v) is 6.80. The van der Waals surface area contributed by atoms with Crippen molar-refractivity contribution in [3.8, 4) is 0 Å². The first-order chi connectivity index (χ1) is 8.41. The van der Waals surface area contributed by atoms with Crippen molar-refractivity contribution in [1.82, 2.24) is 13.9 Å². The zero-order valence-electron chi connectivity index (χ0n) is 10.3. The molecule has 0 bridgehead atoms. The van der Waals surface area contributed by atoms with Gasteiger partial charge in [-0.1, -0.05) is 12.1 Å². The molecular formula is C9H17N5O3S. The van der Waals surface area contributed by atoms with Crippen LogP contribution < -0.4 is 5.73 Å². The SMILES string of the molecule is CCN(CCC(N)=NO)S(=O)(=O)c1cn(C)cn1. The van der Waals surface area contributed by atoms with E-state index in [1.165, 1.54) is 16.8 Å². The number of imidazole rings is 1. The molecule has 0 amide bonds. The maximum Gasteiger partial charge on any atom is 0.262 e. The van der Waals surface area contributed by atoms with Gasteiger partial charge in [0.1, 0.15) is 5.84 Å². The molecule has 0 radical (unpaired) electrons. The van der Waals surface area contributed by atoms with Crippen LogP contribution in [0.15, 0.2) is 22.7 Å². The first kappa shape index (κ1) is 14.5. The lowest BCUT2D eigenvalue weighted by molar-refractivity contribution is 0.315. The fourth-order valence-electron chi connectivity index (χ4n) is 1.39. The molecule has 1 aromatic heterocycles. The van der Waals surface area contributed by atoms with Crippen molar-refractivity contribution >= 4 is 15.9 Å². The highest BCUT2D eigenvalue weighted by atomic mass is 32.2. The summed E-state index contributed by atoms with van der Waals surface area (Å²) in [4.78, 5) is 3.83. The Morgan fingerprint density at radius 2 is 2.33 bits per heavy atom. The van der Waals surface area contributed by atoms with Crippen molar-refractivity contribution in [3.63, 3.8) is 0 Å². The molecule has 0 atom stereocenters. The summed E-state index contributed by atoms with van der Waals surface area (Å²) >= 11 is 0. The smallest absolute Gasteiger partial charge is 0.262 e. The predicted octanol–water partition coefficient (Wildman–Crippen LogP) is -0.433. The maximum absolute atomic E-state index is 12.2. The molecule has 9 heteroatoms. The van der Waals surface area contributed by atoms with Crippen LogP contribution in [0.2, 0.25) is 0 Å². The molecule has 0 saturated heterocycles. The van der Waals surface area contributed by atoms with E-state index in [1.807, 2.05) is 0 Å². The van der Waals surface area contributed by atoms with Gasteiger partial charge in [0.05, 0.1) is 6.33 Å². The van der Waals surface area contributed by atoms with Gasteiger partial charge in [-0.05, 0) is 0 Å². The number of hydrogen-bond donors (Lipinski definition) is 2. The van der Waals surface area contributed by atoms with E-state index in [0.717, 1.165) is 0 Å². The van der Waals surface area contributed by atoms with E-state index < -0.39 is 10.0 Å². The maximum atomic E-state index is 12.2. The van der Waals surface area contributed by atoms with Crippen molar-refractivity contribution in [2.45, 2.75) is 18.4 Å². The summed E-state index contributed by atoms with van der Waals surface area (Å²) in [6.45, 7) is 2.15. The monoisotopic (exact) mass is 275 g/mol. The van der Waals surface area contributed by atoms with Crippen LogP contribution in [0.5, 0.6) is 0 Å². The number of rotatable bonds is 6. The van der Waals surface area contributed by atoms with E-state index in [4.69, 9.17) is 10.9 Å². The summed E-state index contributed by atoms with van der Waals surface area (Å²) in [6, 6.07) is 0. The zero-order valence-corrected chi connectivity index (χ0v) is 11.1. The molecule has 3 N–H and O–H groups in total. The number of sulfonamides is 1. The lowest BCUT2D eigenvalue weighted by Crippen LogP contribution is -2.34. The van der Waals surface area contributed by atoms with Gasteiger partial charge in [0.15, 0.2) is 5.03 Å². The van der Waals surface area contributed by atoms with Gasteiger partial charge in [0.25, 0.3) is 10.0 Å². The number of aryl methyl sites for hydroxylation is 1. The number of oxime groups is 1. The summed E-state index contributed by atoms with van der Waals surface area (Å²) in [5.74, 6) is -0.00956. The summed E-state index contributed by atoms with van der Waals surface area (Å²) in [7, 11) is -1.93. The average molecular weight is 275 g/mol. The summed E-state index contributed by atoms with van der Waals surface area (Å²) in [5, 5.41) is 11.2. The second-order valence-electron chi connectivity index (χ2n) is 3.72. The van der Waals surface area contributed by atoms with Crippen molar-refractivity contribution in [1.29, 1.82) is 0 Å². The van der Waals surface area contributed by atoms with Crippen molar-refractivity contribution in [2.24, 2.45) is 17.9 Å². The number of aromatic nitrogens is 2. The van der Waals surface area contributed by atoms with Crippen LogP contribution in [0.25, 0.3) is 0 Å². The van der Waals surface area contributed by atoms with Gasteiger partial charge in [-0.2, -0.15) is 4.31 Å². The lowest BCUT2D eigenvalue weighted by atomic mass is 10.4. The van der Waals surface area contributed by atoms with E-state index in [1.54, 1.807) is 18.5 Å². The molecule has 0 aliphatic carbocycles. The fourth-order valence-corrected chi connectivity index (χ4v) is 2.81. The van der Waals surface area contributed by atoms with Gasteiger partial charge in [-0.3, -0.25) is 0 Å². The van der Waals surface area contributed by atoms with E-state index in [-0.39, 0.29) is 30.4 Å². The predicted molar refractivity (Wildman–Crippen MR) is 65.7 cm³/mol. The summed E-state index contributed by atoms with van der Waals surface area (Å²) < 4.78 is 27.2. The van der Waals surface area contributed by atoms with E-state index in [9.17, 15) is 8.42 Å². The lowest BCUT2D eigenvalue weighted by Gasteiger charge is -2.18. The topological polar surface area (TPSA) is 114 Å². The number of amidine groups is 1. The van der Waals surface area contributed by atoms with Crippen LogP contribution >= 0.6 is 0 Å². The molecule has 0 aliphatic rings. The molecule has 0 spiro atoms. The van der Waals surface area contributed by atoms with Crippen molar-refractivity contribution < 1.29 is 13.6 Å². The molecule has 1 heterocycles. The highest BCUT2D eigenvalue weighted by Gasteiger charge is 2.25. The van der Waals surface area contributed by atoms with Crippen LogP contribution in [0.1, 0.15) is 13.3 Å². The molecule has 0 fully saturated rings. The number of hydrogen-bond acceptors (Lipinski definition) is 5. The Hall–Kier alpha value is -1.61. The quantitative estimate of drug-likeness (QED) is 0.316. The van der Waals surface area contributed by atoms with Gasteiger partial charge in [0.2, 0.25) is 0 Å². The first-order valence-electron chi connectivity index (χ1n) is 5.36. The largest absolute Gasteiger partial charge is 0.409 e. The second-order valence-corrected chi connectivity index (χ2v) is 5.60. The van der Waals surface area contributed by atoms with E-state index in [0.29, 0.717) is 0 Å². The molecule has 0 aliphatic heterocycles. The highest BCUT2D eigenvalue weighted by Crippen LogP contribution is 2.12. The summed E-state index contributed by atoms with van der Waals surface area (Å²) in [5.41, 5.74) is 5.32. The van der Waals surface area contributed by atoms with Crippen molar-refractivity contribution in [2.75, 3.05) is 13.1 Å². The molecule has 1 aromatic rings. The van der Waals surface area contributed by atoms with Gasteiger partial charge >= 0.3 is 0 Å². The third-order valence-electron chi connectivity index (χ3n) is 2.38. The van der Waals surface area contributed by atoms with Crippen LogP contribution in [0, 0.1) is 0 Å². The van der Waals surface area contributed by atoms with Crippen LogP contribution in [0.3, 0.4) is 0 Å². The minimum Gasteiger partial charge on any atom is -0.409 e. The Labute approximate surface area is 106 Å². The van der Waals surface area contributed by atoms with Gasteiger partial charge in [0, 0.05) is 32.8 Å². The van der Waals surface area contributed by atoms with Gasteiger partial charge in [-0.25, -0.2) is 13.4 Å². The second kappa shape index (κ2) is 5.83. The van der Waals surface area contributed by atoms with E-state index >= 15 is 0 Å². The normalized spacial score (nSPS) is 13.2. The Kier molecular flexibility index (Phi) is 4.68. The fraction of sp³-hybridized carbons (Fsp3) is 0.556. The summed E-state index contributed by atoms with van der Waals surface area (Å²) in [6.07, 6.45) is 3.02. The molecule has 0 saturated carbocycles. The van der Waals surface area contributed by atoms with Crippen LogP contribution in [-0.4, -0.2) is 46.4 Å². The minimum atomic E-state index is -3.62. The van der Waals surface area contributed by atoms with Gasteiger partial charge in [-0.15, -0.1) is 0 Å².